The predicted molar refractivity (Wildman–Crippen MR) is 82.9 cm³/mol. The Morgan fingerprint density at radius 3 is 3.11 bits per heavy atom. The van der Waals surface area contributed by atoms with Crippen molar-refractivity contribution in [2.45, 2.75) is 6.10 Å². The van der Waals surface area contributed by atoms with Gasteiger partial charge in [-0.05, 0) is 40.8 Å². The predicted octanol–water partition coefficient (Wildman–Crippen LogP) is 2.02. The highest BCUT2D eigenvalue weighted by Gasteiger charge is 2.20. The number of hydrogen-bond donors (Lipinski definition) is 1. The summed E-state index contributed by atoms with van der Waals surface area (Å²) in [6, 6.07) is 5.56. The van der Waals surface area contributed by atoms with Gasteiger partial charge in [-0.1, -0.05) is 11.6 Å². The summed E-state index contributed by atoms with van der Waals surface area (Å²) in [4.78, 5) is 2.18. The lowest BCUT2D eigenvalue weighted by atomic mass is 10.3. The number of aliphatic hydroxyl groups excluding tert-OH is 1. The van der Waals surface area contributed by atoms with Gasteiger partial charge in [0.2, 0.25) is 0 Å². The standard InChI is InChI=1S/C13H17ClINO3/c14-10-1-2-13(12(15)7-10)19-9-11-8-16(3-5-17)4-6-18-11/h1-2,7,11,17H,3-6,8-9H2. The van der Waals surface area contributed by atoms with Gasteiger partial charge in [0, 0.05) is 24.7 Å². The first-order valence-corrected chi connectivity index (χ1v) is 7.67. The molecule has 1 unspecified atom stereocenters. The zero-order valence-corrected chi connectivity index (χ0v) is 13.4. The monoisotopic (exact) mass is 397 g/mol. The molecule has 0 bridgehead atoms. The fourth-order valence-electron chi connectivity index (χ4n) is 2.00. The molecule has 2 rings (SSSR count). The molecule has 1 aliphatic heterocycles. The van der Waals surface area contributed by atoms with Crippen molar-refractivity contribution in [3.63, 3.8) is 0 Å². The summed E-state index contributed by atoms with van der Waals surface area (Å²) in [5.74, 6) is 0.827. The van der Waals surface area contributed by atoms with E-state index in [1.54, 1.807) is 0 Å². The van der Waals surface area contributed by atoms with E-state index in [1.165, 1.54) is 0 Å². The van der Waals surface area contributed by atoms with Crippen LogP contribution in [0.2, 0.25) is 5.02 Å². The van der Waals surface area contributed by atoms with E-state index in [0.717, 1.165) is 22.4 Å². The van der Waals surface area contributed by atoms with Gasteiger partial charge >= 0.3 is 0 Å². The zero-order valence-electron chi connectivity index (χ0n) is 10.5. The Labute approximate surface area is 131 Å². The van der Waals surface area contributed by atoms with E-state index in [9.17, 15) is 0 Å². The number of benzene rings is 1. The molecule has 106 valence electrons. The van der Waals surface area contributed by atoms with Crippen molar-refractivity contribution in [2.75, 3.05) is 39.5 Å². The highest BCUT2D eigenvalue weighted by atomic mass is 127. The Kier molecular flexibility index (Phi) is 6.15. The lowest BCUT2D eigenvalue weighted by molar-refractivity contribution is -0.0509. The van der Waals surface area contributed by atoms with Gasteiger partial charge in [-0.2, -0.15) is 0 Å². The smallest absolute Gasteiger partial charge is 0.132 e. The summed E-state index contributed by atoms with van der Waals surface area (Å²) in [5, 5.41) is 9.66. The molecule has 1 aromatic rings. The van der Waals surface area contributed by atoms with Crippen molar-refractivity contribution in [1.29, 1.82) is 0 Å². The normalized spacial score (nSPS) is 20.5. The zero-order chi connectivity index (χ0) is 13.7. The Bertz CT molecular complexity index is 417. The van der Waals surface area contributed by atoms with Crippen molar-refractivity contribution >= 4 is 34.2 Å². The van der Waals surface area contributed by atoms with Crippen LogP contribution in [0, 0.1) is 3.57 Å². The van der Waals surface area contributed by atoms with Crippen LogP contribution in [0.25, 0.3) is 0 Å². The molecule has 4 nitrogen and oxygen atoms in total. The van der Waals surface area contributed by atoms with Gasteiger partial charge in [-0.3, -0.25) is 4.90 Å². The van der Waals surface area contributed by atoms with E-state index in [2.05, 4.69) is 27.5 Å². The second-order valence-electron chi connectivity index (χ2n) is 4.40. The first kappa shape index (κ1) is 15.3. The second kappa shape index (κ2) is 7.64. The lowest BCUT2D eigenvalue weighted by Crippen LogP contribution is -2.45. The minimum atomic E-state index is 0.0479. The average molecular weight is 398 g/mol. The van der Waals surface area contributed by atoms with Crippen molar-refractivity contribution in [3.05, 3.63) is 26.8 Å². The van der Waals surface area contributed by atoms with Crippen molar-refractivity contribution in [3.8, 4) is 5.75 Å². The van der Waals surface area contributed by atoms with E-state index < -0.39 is 0 Å². The average Bonchev–Trinajstić information content (AvgIpc) is 2.38. The molecule has 0 aliphatic carbocycles. The third-order valence-electron chi connectivity index (χ3n) is 2.96. The van der Waals surface area contributed by atoms with Gasteiger partial charge < -0.3 is 14.6 Å². The van der Waals surface area contributed by atoms with Gasteiger partial charge in [-0.15, -0.1) is 0 Å². The van der Waals surface area contributed by atoms with Crippen LogP contribution in [-0.2, 0) is 4.74 Å². The second-order valence-corrected chi connectivity index (χ2v) is 6.00. The highest BCUT2D eigenvalue weighted by Crippen LogP contribution is 2.24. The van der Waals surface area contributed by atoms with Crippen molar-refractivity contribution in [1.82, 2.24) is 4.90 Å². The Morgan fingerprint density at radius 2 is 2.37 bits per heavy atom. The van der Waals surface area contributed by atoms with Gasteiger partial charge in [-0.25, -0.2) is 0 Å². The molecule has 1 N–H and O–H groups in total. The number of morpholine rings is 1. The molecule has 1 aliphatic rings. The van der Waals surface area contributed by atoms with Crippen LogP contribution in [0.5, 0.6) is 5.75 Å². The van der Waals surface area contributed by atoms with Crippen LogP contribution in [-0.4, -0.2) is 55.6 Å². The first-order chi connectivity index (χ1) is 9.19. The molecule has 0 saturated carbocycles. The van der Waals surface area contributed by atoms with Gasteiger partial charge in [0.05, 0.1) is 16.8 Å². The molecule has 0 amide bonds. The van der Waals surface area contributed by atoms with Crippen LogP contribution < -0.4 is 4.74 Å². The van der Waals surface area contributed by atoms with Crippen LogP contribution in [0.1, 0.15) is 0 Å². The third-order valence-corrected chi connectivity index (χ3v) is 4.04. The fourth-order valence-corrected chi connectivity index (χ4v) is 3.03. The molecule has 0 aromatic heterocycles. The van der Waals surface area contributed by atoms with Gasteiger partial charge in [0.25, 0.3) is 0 Å². The fraction of sp³-hybridized carbons (Fsp3) is 0.538. The molecule has 6 heteroatoms. The highest BCUT2D eigenvalue weighted by molar-refractivity contribution is 14.1. The minimum Gasteiger partial charge on any atom is -0.490 e. The molecule has 1 heterocycles. The topological polar surface area (TPSA) is 41.9 Å². The Balaban J connectivity index is 1.84. The maximum Gasteiger partial charge on any atom is 0.132 e. The largest absolute Gasteiger partial charge is 0.490 e. The molecular weight excluding hydrogens is 381 g/mol. The van der Waals surface area contributed by atoms with Crippen molar-refractivity contribution in [2.24, 2.45) is 0 Å². The SMILES string of the molecule is OCCN1CCOC(COc2ccc(Cl)cc2I)C1. The molecule has 1 atom stereocenters. The van der Waals surface area contributed by atoms with E-state index in [0.29, 0.717) is 24.8 Å². The number of rotatable bonds is 5. The minimum absolute atomic E-state index is 0.0479. The van der Waals surface area contributed by atoms with E-state index >= 15 is 0 Å². The first-order valence-electron chi connectivity index (χ1n) is 6.21. The number of nitrogens with zero attached hydrogens (tertiary/aromatic N) is 1. The molecular formula is C13H17ClINO3. The van der Waals surface area contributed by atoms with Crippen LogP contribution in [0.15, 0.2) is 18.2 Å². The molecule has 1 fully saturated rings. The molecule has 0 spiro atoms. The maximum atomic E-state index is 8.95. The molecule has 1 aromatic carbocycles. The Hall–Kier alpha value is -0.0800. The van der Waals surface area contributed by atoms with E-state index in [-0.39, 0.29) is 12.7 Å². The van der Waals surface area contributed by atoms with Crippen LogP contribution in [0.4, 0.5) is 0 Å². The third kappa shape index (κ3) is 4.75. The van der Waals surface area contributed by atoms with Crippen LogP contribution in [0.3, 0.4) is 0 Å². The summed E-state index contributed by atoms with van der Waals surface area (Å²) >= 11 is 8.11. The van der Waals surface area contributed by atoms with Crippen molar-refractivity contribution < 1.29 is 14.6 Å². The van der Waals surface area contributed by atoms with Gasteiger partial charge in [0.15, 0.2) is 0 Å². The summed E-state index contributed by atoms with van der Waals surface area (Å²) in [6.07, 6.45) is 0.0479. The molecule has 19 heavy (non-hydrogen) atoms. The van der Waals surface area contributed by atoms with Gasteiger partial charge in [0.1, 0.15) is 18.5 Å². The van der Waals surface area contributed by atoms with E-state index in [1.807, 2.05) is 18.2 Å². The maximum absolute atomic E-state index is 8.95. The van der Waals surface area contributed by atoms with E-state index in [4.69, 9.17) is 26.2 Å². The summed E-state index contributed by atoms with van der Waals surface area (Å²) < 4.78 is 12.4. The number of hydrogen-bond acceptors (Lipinski definition) is 4. The summed E-state index contributed by atoms with van der Waals surface area (Å²) in [6.45, 7) is 3.74. The number of ether oxygens (including phenoxy) is 2. The molecule has 1 saturated heterocycles. The van der Waals surface area contributed by atoms with Crippen LogP contribution >= 0.6 is 34.2 Å². The Morgan fingerprint density at radius 1 is 1.53 bits per heavy atom. The number of β-amino-alcohol motifs (C(OH)–C–C–N with tert-alkyl or cyclic N) is 1. The summed E-state index contributed by atoms with van der Waals surface area (Å²) in [7, 11) is 0. The summed E-state index contributed by atoms with van der Waals surface area (Å²) in [5.41, 5.74) is 0. The number of aliphatic hydroxyl groups is 1. The molecule has 0 radical (unpaired) electrons. The quantitative estimate of drug-likeness (QED) is 0.772. The lowest BCUT2D eigenvalue weighted by Gasteiger charge is -2.32. The number of halogens is 2.